The second-order valence-electron chi connectivity index (χ2n) is 8.67. The van der Waals surface area contributed by atoms with Gasteiger partial charge in [-0.25, -0.2) is 0 Å². The lowest BCUT2D eigenvalue weighted by Gasteiger charge is -2.38. The first kappa shape index (κ1) is 25.8. The summed E-state index contributed by atoms with van der Waals surface area (Å²) < 4.78 is 5.15. The quantitative estimate of drug-likeness (QED) is 0.517. The molecule has 0 amide bonds. The molecule has 0 bridgehead atoms. The second-order valence-corrected chi connectivity index (χ2v) is 8.67. The third kappa shape index (κ3) is 6.05. The number of benzene rings is 2. The van der Waals surface area contributed by atoms with Crippen LogP contribution in [0.25, 0.3) is 0 Å². The lowest BCUT2D eigenvalue weighted by Crippen LogP contribution is -2.50. The number of carbonyl (C=O) groups excluding carboxylic acids is 2. The van der Waals surface area contributed by atoms with Crippen molar-refractivity contribution in [2.75, 3.05) is 21.2 Å². The van der Waals surface area contributed by atoms with Crippen molar-refractivity contribution in [3.8, 4) is 5.75 Å². The van der Waals surface area contributed by atoms with Crippen molar-refractivity contribution < 1.29 is 19.4 Å². The number of ketones is 2. The molecule has 1 aliphatic carbocycles. The SMILES string of the molecule is CCCCC(CC)(C(=O)c1ccc(OC)cc1)N(C)C.O=C(c1ccccc1)C1(O)CC1. The van der Waals surface area contributed by atoms with Crippen LogP contribution in [0.2, 0.25) is 0 Å². The minimum absolute atomic E-state index is 0.136. The fraction of sp³-hybridized carbons (Fsp3) is 0.481. The maximum atomic E-state index is 13.0. The van der Waals surface area contributed by atoms with Gasteiger partial charge in [-0.2, -0.15) is 0 Å². The average Bonchev–Trinajstić information content (AvgIpc) is 3.58. The average molecular weight is 440 g/mol. The third-order valence-corrected chi connectivity index (χ3v) is 6.34. The first-order valence-electron chi connectivity index (χ1n) is 11.4. The Morgan fingerprint density at radius 3 is 2.03 bits per heavy atom. The first-order chi connectivity index (χ1) is 15.2. The zero-order valence-corrected chi connectivity index (χ0v) is 20.1. The minimum Gasteiger partial charge on any atom is -0.497 e. The highest BCUT2D eigenvalue weighted by Gasteiger charge is 2.47. The van der Waals surface area contributed by atoms with Gasteiger partial charge < -0.3 is 9.84 Å². The molecular formula is C27H37NO4. The van der Waals surface area contributed by atoms with Crippen molar-refractivity contribution in [2.45, 2.75) is 63.5 Å². The molecule has 2 aromatic rings. The first-order valence-corrected chi connectivity index (χ1v) is 11.4. The number of Topliss-reactive ketones (excluding diaryl/α,β-unsaturated/α-hetero) is 2. The van der Waals surface area contributed by atoms with Gasteiger partial charge in [0.25, 0.3) is 0 Å². The molecule has 0 aromatic heterocycles. The van der Waals surface area contributed by atoms with Gasteiger partial charge in [0.15, 0.2) is 11.6 Å². The summed E-state index contributed by atoms with van der Waals surface area (Å²) in [6, 6.07) is 16.4. The number of ether oxygens (including phenoxy) is 1. The largest absolute Gasteiger partial charge is 0.497 e. The summed E-state index contributed by atoms with van der Waals surface area (Å²) in [4.78, 5) is 26.5. The Morgan fingerprint density at radius 2 is 1.59 bits per heavy atom. The zero-order chi connectivity index (χ0) is 23.8. The lowest BCUT2D eigenvalue weighted by atomic mass is 9.81. The van der Waals surface area contributed by atoms with E-state index >= 15 is 0 Å². The predicted molar refractivity (Wildman–Crippen MR) is 129 cm³/mol. The standard InChI is InChI=1S/C17H27NO2.C10H10O2/c1-6-8-13-17(7-2,18(3)4)16(19)14-9-11-15(20-5)12-10-14;11-9(10(12)6-7-10)8-4-2-1-3-5-8/h9-12H,6-8,13H2,1-5H3;1-5,12H,6-7H2. The lowest BCUT2D eigenvalue weighted by molar-refractivity contribution is 0.0636. The molecule has 174 valence electrons. The van der Waals surface area contributed by atoms with E-state index in [0.29, 0.717) is 18.4 Å². The van der Waals surface area contributed by atoms with Gasteiger partial charge in [-0.3, -0.25) is 14.5 Å². The fourth-order valence-corrected chi connectivity index (χ4v) is 3.88. The highest BCUT2D eigenvalue weighted by atomic mass is 16.5. The Hall–Kier alpha value is -2.50. The summed E-state index contributed by atoms with van der Waals surface area (Å²) in [5.41, 5.74) is -0.0543. The Balaban J connectivity index is 0.000000255. The number of methoxy groups -OCH3 is 1. The summed E-state index contributed by atoms with van der Waals surface area (Å²) in [6.45, 7) is 4.25. The van der Waals surface area contributed by atoms with Crippen molar-refractivity contribution in [3.63, 3.8) is 0 Å². The Labute approximate surface area is 192 Å². The highest BCUT2D eigenvalue weighted by molar-refractivity contribution is 6.04. The minimum atomic E-state index is -1.03. The van der Waals surface area contributed by atoms with Gasteiger partial charge in [-0.05, 0) is 64.0 Å². The molecular weight excluding hydrogens is 402 g/mol. The number of nitrogens with zero attached hydrogens (tertiary/aromatic N) is 1. The van der Waals surface area contributed by atoms with Gasteiger partial charge in [-0.15, -0.1) is 0 Å². The second kappa shape index (κ2) is 11.4. The Morgan fingerprint density at radius 1 is 1.00 bits per heavy atom. The molecule has 0 spiro atoms. The molecule has 0 saturated heterocycles. The van der Waals surface area contributed by atoms with Crippen LogP contribution >= 0.6 is 0 Å². The molecule has 3 rings (SSSR count). The van der Waals surface area contributed by atoms with Gasteiger partial charge in [0.05, 0.1) is 12.6 Å². The van der Waals surface area contributed by atoms with Gasteiger partial charge in [-0.1, -0.05) is 57.0 Å². The van der Waals surface area contributed by atoms with Crippen molar-refractivity contribution in [1.29, 1.82) is 0 Å². The fourth-order valence-electron chi connectivity index (χ4n) is 3.88. The number of hydrogen-bond donors (Lipinski definition) is 1. The van der Waals surface area contributed by atoms with E-state index < -0.39 is 11.1 Å². The van der Waals surface area contributed by atoms with Crippen LogP contribution in [-0.4, -0.2) is 53.9 Å². The zero-order valence-electron chi connectivity index (χ0n) is 20.1. The number of unbranched alkanes of at least 4 members (excludes halogenated alkanes) is 1. The van der Waals surface area contributed by atoms with Crippen LogP contribution in [0.15, 0.2) is 54.6 Å². The highest BCUT2D eigenvalue weighted by Crippen LogP contribution is 2.38. The molecule has 0 aliphatic heterocycles. The van der Waals surface area contributed by atoms with Crippen molar-refractivity contribution in [2.24, 2.45) is 0 Å². The monoisotopic (exact) mass is 439 g/mol. The molecule has 0 heterocycles. The van der Waals surface area contributed by atoms with Crippen molar-refractivity contribution in [3.05, 3.63) is 65.7 Å². The van der Waals surface area contributed by atoms with Crippen LogP contribution in [0.1, 0.15) is 73.1 Å². The van der Waals surface area contributed by atoms with Gasteiger partial charge in [0, 0.05) is 11.1 Å². The Bertz CT molecular complexity index is 872. The van der Waals surface area contributed by atoms with E-state index in [-0.39, 0.29) is 11.6 Å². The van der Waals surface area contributed by atoms with E-state index in [9.17, 15) is 14.7 Å². The van der Waals surface area contributed by atoms with Crippen LogP contribution in [0, 0.1) is 0 Å². The molecule has 5 nitrogen and oxygen atoms in total. The molecule has 1 fully saturated rings. The van der Waals surface area contributed by atoms with Crippen LogP contribution in [-0.2, 0) is 0 Å². The molecule has 1 N–H and O–H groups in total. The van der Waals surface area contributed by atoms with E-state index in [2.05, 4.69) is 18.7 Å². The van der Waals surface area contributed by atoms with Crippen LogP contribution in [0.4, 0.5) is 0 Å². The molecule has 1 atom stereocenters. The summed E-state index contributed by atoms with van der Waals surface area (Å²) in [5, 5.41) is 9.50. The van der Waals surface area contributed by atoms with E-state index in [1.54, 1.807) is 31.4 Å². The summed E-state index contributed by atoms with van der Waals surface area (Å²) >= 11 is 0. The number of carbonyl (C=O) groups is 2. The van der Waals surface area contributed by atoms with Gasteiger partial charge in [0.1, 0.15) is 11.4 Å². The summed E-state index contributed by atoms with van der Waals surface area (Å²) in [7, 11) is 5.63. The molecule has 2 aromatic carbocycles. The smallest absolute Gasteiger partial charge is 0.194 e. The third-order valence-electron chi connectivity index (χ3n) is 6.34. The molecule has 1 aliphatic rings. The molecule has 32 heavy (non-hydrogen) atoms. The normalized spacial score (nSPS) is 15.8. The summed E-state index contributed by atoms with van der Waals surface area (Å²) in [5.74, 6) is 0.853. The van der Waals surface area contributed by atoms with Crippen LogP contribution < -0.4 is 4.74 Å². The van der Waals surface area contributed by atoms with Gasteiger partial charge >= 0.3 is 0 Å². The van der Waals surface area contributed by atoms with Crippen LogP contribution in [0.5, 0.6) is 5.75 Å². The van der Waals surface area contributed by atoms with Crippen LogP contribution in [0.3, 0.4) is 0 Å². The molecule has 0 radical (unpaired) electrons. The van der Waals surface area contributed by atoms with Crippen molar-refractivity contribution in [1.82, 2.24) is 4.90 Å². The maximum absolute atomic E-state index is 13.0. The van der Waals surface area contributed by atoms with Gasteiger partial charge in [0.2, 0.25) is 0 Å². The van der Waals surface area contributed by atoms with E-state index in [1.165, 1.54) is 0 Å². The number of aliphatic hydroxyl groups is 1. The Kier molecular flexibility index (Phi) is 9.17. The topological polar surface area (TPSA) is 66.8 Å². The number of hydrogen-bond acceptors (Lipinski definition) is 5. The predicted octanol–water partition coefficient (Wildman–Crippen LogP) is 5.17. The summed E-state index contributed by atoms with van der Waals surface area (Å²) in [6.07, 6.45) is 5.11. The van der Waals surface area contributed by atoms with E-state index in [1.807, 2.05) is 44.4 Å². The molecule has 5 heteroatoms. The molecule has 1 unspecified atom stereocenters. The van der Waals surface area contributed by atoms with E-state index in [4.69, 9.17) is 4.74 Å². The van der Waals surface area contributed by atoms with E-state index in [0.717, 1.165) is 37.0 Å². The number of rotatable bonds is 10. The van der Waals surface area contributed by atoms with Crippen molar-refractivity contribution >= 4 is 11.6 Å². The molecule has 1 saturated carbocycles. The number of likely N-dealkylation sites (N-methyl/N-ethyl adjacent to an activating group) is 1. The maximum Gasteiger partial charge on any atom is 0.194 e.